The van der Waals surface area contributed by atoms with Crippen molar-refractivity contribution in [2.24, 2.45) is 17.8 Å². The molecule has 29 heavy (non-hydrogen) atoms. The highest BCUT2D eigenvalue weighted by Crippen LogP contribution is 2.55. The molecule has 3 aromatic rings. The van der Waals surface area contributed by atoms with E-state index in [1.165, 1.54) is 0 Å². The Morgan fingerprint density at radius 3 is 2.55 bits per heavy atom. The Hall–Kier alpha value is -2.66. The van der Waals surface area contributed by atoms with Gasteiger partial charge in [-0.15, -0.1) is 0 Å². The Kier molecular flexibility index (Phi) is 3.66. The zero-order valence-corrected chi connectivity index (χ0v) is 16.2. The highest BCUT2D eigenvalue weighted by Gasteiger charge is 2.55. The number of carbonyl (C=O) groups is 1. The standard InChI is InChI=1S/C24H24N2O3/c27-23(26-21-17-9-14-10-18(21)13-24(28,11-14)12-17)16-3-1-15(2-4-16)22-19-6-8-29-20(19)5-7-25-22/h1-8,14,17-18,21,28H,9-13H2,(H,26,27). The van der Waals surface area contributed by atoms with Gasteiger partial charge in [0, 0.05) is 28.8 Å². The van der Waals surface area contributed by atoms with Crippen LogP contribution in [-0.2, 0) is 0 Å². The maximum atomic E-state index is 12.9. The van der Waals surface area contributed by atoms with Gasteiger partial charge in [0.1, 0.15) is 5.58 Å². The van der Waals surface area contributed by atoms with Crippen molar-refractivity contribution in [3.63, 3.8) is 0 Å². The molecule has 0 radical (unpaired) electrons. The molecule has 148 valence electrons. The Labute approximate surface area is 169 Å². The lowest BCUT2D eigenvalue weighted by Crippen LogP contribution is -2.61. The van der Waals surface area contributed by atoms with E-state index in [9.17, 15) is 9.90 Å². The number of pyridine rings is 1. The van der Waals surface area contributed by atoms with Crippen LogP contribution in [0.15, 0.2) is 53.3 Å². The number of aromatic nitrogens is 1. The number of fused-ring (bicyclic) bond motifs is 1. The monoisotopic (exact) mass is 388 g/mol. The first-order valence-corrected chi connectivity index (χ1v) is 10.5. The van der Waals surface area contributed by atoms with Gasteiger partial charge in [-0.05, 0) is 74.1 Å². The maximum absolute atomic E-state index is 12.9. The molecule has 0 aliphatic heterocycles. The van der Waals surface area contributed by atoms with Crippen molar-refractivity contribution >= 4 is 16.9 Å². The number of carbonyl (C=O) groups excluding carboxylic acids is 1. The average Bonchev–Trinajstić information content (AvgIpc) is 3.18. The number of amides is 1. The molecule has 0 saturated heterocycles. The topological polar surface area (TPSA) is 75.4 Å². The Bertz CT molecular complexity index is 1070. The lowest BCUT2D eigenvalue weighted by atomic mass is 9.52. The molecular weight excluding hydrogens is 364 g/mol. The van der Waals surface area contributed by atoms with Gasteiger partial charge in [0.05, 0.1) is 17.6 Å². The highest BCUT2D eigenvalue weighted by molar-refractivity contribution is 5.96. The third-order valence-electron chi connectivity index (χ3n) is 7.34. The number of rotatable bonds is 3. The van der Waals surface area contributed by atoms with Gasteiger partial charge in [0.15, 0.2) is 0 Å². The molecule has 2 unspecified atom stereocenters. The van der Waals surface area contributed by atoms with Crippen LogP contribution in [0.4, 0.5) is 0 Å². The van der Waals surface area contributed by atoms with Crippen LogP contribution in [0, 0.1) is 17.8 Å². The number of hydrogen-bond acceptors (Lipinski definition) is 4. The molecule has 2 atom stereocenters. The fourth-order valence-corrected chi connectivity index (χ4v) is 6.36. The van der Waals surface area contributed by atoms with Gasteiger partial charge in [0.25, 0.3) is 5.91 Å². The summed E-state index contributed by atoms with van der Waals surface area (Å²) >= 11 is 0. The number of aliphatic hydroxyl groups is 1. The summed E-state index contributed by atoms with van der Waals surface area (Å²) in [5.74, 6) is 1.45. The van der Waals surface area contributed by atoms with Crippen LogP contribution >= 0.6 is 0 Å². The Balaban J connectivity index is 1.22. The zero-order valence-electron chi connectivity index (χ0n) is 16.2. The van der Waals surface area contributed by atoms with Gasteiger partial charge < -0.3 is 14.8 Å². The molecule has 4 fully saturated rings. The van der Waals surface area contributed by atoms with Gasteiger partial charge in [-0.25, -0.2) is 0 Å². The molecule has 1 aromatic carbocycles. The molecule has 4 aliphatic rings. The molecule has 5 nitrogen and oxygen atoms in total. The second kappa shape index (κ2) is 6.17. The van der Waals surface area contributed by atoms with E-state index in [1.54, 1.807) is 12.5 Å². The molecule has 1 amide bonds. The fourth-order valence-electron chi connectivity index (χ4n) is 6.36. The van der Waals surface area contributed by atoms with Crippen LogP contribution in [0.3, 0.4) is 0 Å². The molecule has 4 saturated carbocycles. The van der Waals surface area contributed by atoms with E-state index in [2.05, 4.69) is 10.3 Å². The van der Waals surface area contributed by atoms with E-state index < -0.39 is 5.60 Å². The molecule has 5 heteroatoms. The minimum atomic E-state index is -0.472. The van der Waals surface area contributed by atoms with Crippen LogP contribution in [0.25, 0.3) is 22.2 Å². The summed E-state index contributed by atoms with van der Waals surface area (Å²) in [6.07, 6.45) is 8.32. The van der Waals surface area contributed by atoms with Crippen LogP contribution in [0.1, 0.15) is 42.5 Å². The van der Waals surface area contributed by atoms with Crippen molar-refractivity contribution in [3.8, 4) is 11.3 Å². The van der Waals surface area contributed by atoms with E-state index in [1.807, 2.05) is 36.4 Å². The average molecular weight is 388 g/mol. The second-order valence-electron chi connectivity index (χ2n) is 9.26. The smallest absolute Gasteiger partial charge is 0.251 e. The molecular formula is C24H24N2O3. The first-order valence-electron chi connectivity index (χ1n) is 10.5. The van der Waals surface area contributed by atoms with Crippen molar-refractivity contribution in [1.29, 1.82) is 0 Å². The quantitative estimate of drug-likeness (QED) is 0.706. The predicted molar refractivity (Wildman–Crippen MR) is 109 cm³/mol. The third kappa shape index (κ3) is 2.79. The summed E-state index contributed by atoms with van der Waals surface area (Å²) in [6, 6.07) is 11.6. The van der Waals surface area contributed by atoms with Gasteiger partial charge in [-0.2, -0.15) is 0 Å². The van der Waals surface area contributed by atoms with Crippen LogP contribution in [-0.4, -0.2) is 27.6 Å². The zero-order chi connectivity index (χ0) is 19.6. The minimum Gasteiger partial charge on any atom is -0.464 e. The van der Waals surface area contributed by atoms with Gasteiger partial charge in [0.2, 0.25) is 0 Å². The molecule has 2 N–H and O–H groups in total. The summed E-state index contributed by atoms with van der Waals surface area (Å²) in [7, 11) is 0. The van der Waals surface area contributed by atoms with E-state index in [0.29, 0.717) is 23.3 Å². The molecule has 2 heterocycles. The lowest BCUT2D eigenvalue weighted by Gasteiger charge is -2.58. The molecule has 4 aliphatic carbocycles. The summed E-state index contributed by atoms with van der Waals surface area (Å²) in [6.45, 7) is 0. The van der Waals surface area contributed by atoms with Crippen LogP contribution in [0.2, 0.25) is 0 Å². The number of benzene rings is 1. The SMILES string of the molecule is O=C(NC1C2CC3CC1CC(O)(C3)C2)c1ccc(-c2nccc3occc23)cc1. The van der Waals surface area contributed by atoms with Gasteiger partial charge in [-0.1, -0.05) is 12.1 Å². The van der Waals surface area contributed by atoms with Gasteiger partial charge >= 0.3 is 0 Å². The lowest BCUT2D eigenvalue weighted by molar-refractivity contribution is -0.136. The van der Waals surface area contributed by atoms with E-state index >= 15 is 0 Å². The first-order chi connectivity index (χ1) is 14.1. The van der Waals surface area contributed by atoms with Crippen molar-refractivity contribution in [2.45, 2.75) is 43.7 Å². The maximum Gasteiger partial charge on any atom is 0.251 e. The van der Waals surface area contributed by atoms with E-state index in [4.69, 9.17) is 4.42 Å². The van der Waals surface area contributed by atoms with Crippen molar-refractivity contribution < 1.29 is 14.3 Å². The highest BCUT2D eigenvalue weighted by atomic mass is 16.3. The van der Waals surface area contributed by atoms with Crippen LogP contribution < -0.4 is 5.32 Å². The third-order valence-corrected chi connectivity index (χ3v) is 7.34. The molecule has 4 bridgehead atoms. The molecule has 7 rings (SSSR count). The summed E-state index contributed by atoms with van der Waals surface area (Å²) in [5.41, 5.74) is 2.82. The second-order valence-corrected chi connectivity index (χ2v) is 9.26. The number of nitrogens with one attached hydrogen (secondary N) is 1. The fraction of sp³-hybridized carbons (Fsp3) is 0.417. The Morgan fingerprint density at radius 1 is 1.07 bits per heavy atom. The summed E-state index contributed by atoms with van der Waals surface area (Å²) < 4.78 is 5.46. The number of nitrogens with zero attached hydrogens (tertiary/aromatic N) is 1. The van der Waals surface area contributed by atoms with Crippen molar-refractivity contribution in [2.75, 3.05) is 0 Å². The van der Waals surface area contributed by atoms with Crippen molar-refractivity contribution in [1.82, 2.24) is 10.3 Å². The Morgan fingerprint density at radius 2 is 1.83 bits per heavy atom. The van der Waals surface area contributed by atoms with Crippen molar-refractivity contribution in [3.05, 3.63) is 54.4 Å². The van der Waals surface area contributed by atoms with E-state index in [0.717, 1.165) is 54.3 Å². The first kappa shape index (κ1) is 17.2. The van der Waals surface area contributed by atoms with Gasteiger partial charge in [-0.3, -0.25) is 9.78 Å². The largest absolute Gasteiger partial charge is 0.464 e. The van der Waals surface area contributed by atoms with Crippen LogP contribution in [0.5, 0.6) is 0 Å². The minimum absolute atomic E-state index is 0.0181. The summed E-state index contributed by atoms with van der Waals surface area (Å²) in [5, 5.41) is 15.0. The molecule has 2 aromatic heterocycles. The summed E-state index contributed by atoms with van der Waals surface area (Å²) in [4.78, 5) is 17.4. The normalized spacial score (nSPS) is 32.6. The number of furan rings is 1. The molecule has 0 spiro atoms. The van der Waals surface area contributed by atoms with E-state index in [-0.39, 0.29) is 11.9 Å². The number of hydrogen-bond donors (Lipinski definition) is 2. The predicted octanol–water partition coefficient (Wildman–Crippen LogP) is 4.16.